The first kappa shape index (κ1) is 15.0. The van der Waals surface area contributed by atoms with E-state index in [1.165, 1.54) is 0 Å². The maximum atomic E-state index is 6.18. The molecule has 0 spiro atoms. The average Bonchev–Trinajstić information content (AvgIpc) is 2.92. The van der Waals surface area contributed by atoms with Crippen molar-refractivity contribution in [2.75, 3.05) is 0 Å². The molecule has 23 heavy (non-hydrogen) atoms. The van der Waals surface area contributed by atoms with Crippen LogP contribution in [0.1, 0.15) is 27.7 Å². The molecule has 4 nitrogen and oxygen atoms in total. The van der Waals surface area contributed by atoms with Crippen molar-refractivity contribution in [3.8, 4) is 0 Å². The van der Waals surface area contributed by atoms with Gasteiger partial charge >= 0.3 is 7.12 Å². The van der Waals surface area contributed by atoms with Crippen molar-refractivity contribution in [2.24, 2.45) is 0 Å². The lowest BCUT2D eigenvalue weighted by molar-refractivity contribution is 0.00578. The summed E-state index contributed by atoms with van der Waals surface area (Å²) in [5.41, 5.74) is 2.33. The molecule has 0 radical (unpaired) electrons. The Balaban J connectivity index is 1.93. The summed E-state index contributed by atoms with van der Waals surface area (Å²) in [5, 5.41) is 1.46. The van der Waals surface area contributed by atoms with E-state index in [-0.39, 0.29) is 0 Å². The number of benzene rings is 1. The van der Waals surface area contributed by atoms with E-state index >= 15 is 0 Å². The summed E-state index contributed by atoms with van der Waals surface area (Å²) in [5.74, 6) is 0. The summed E-state index contributed by atoms with van der Waals surface area (Å²) >= 11 is 6.02. The minimum atomic E-state index is -0.457. The van der Waals surface area contributed by atoms with E-state index in [1.807, 2.05) is 45.9 Å². The van der Waals surface area contributed by atoms with Crippen molar-refractivity contribution in [3.05, 3.63) is 35.5 Å². The minimum Gasteiger partial charge on any atom is -0.454 e. The predicted octanol–water partition coefficient (Wildman–Crippen LogP) is 3.93. The molecule has 3 heterocycles. The topological polar surface area (TPSA) is 44.5 Å². The smallest absolute Gasteiger partial charge is 0.454 e. The Hall–Kier alpha value is -1.56. The lowest BCUT2D eigenvalue weighted by Gasteiger charge is -2.32. The number of rotatable bonds is 1. The fraction of sp³-hybridized carbons (Fsp3) is 0.353. The molecule has 1 fully saturated rings. The van der Waals surface area contributed by atoms with E-state index in [2.05, 4.69) is 4.98 Å². The van der Waals surface area contributed by atoms with Gasteiger partial charge in [-0.25, -0.2) is 0 Å². The van der Waals surface area contributed by atoms with Crippen molar-refractivity contribution in [1.29, 1.82) is 0 Å². The summed E-state index contributed by atoms with van der Waals surface area (Å²) in [6.07, 6.45) is 1.62. The van der Waals surface area contributed by atoms with Gasteiger partial charge in [0.2, 0.25) is 0 Å². The zero-order chi connectivity index (χ0) is 16.4. The molecule has 3 aromatic rings. The van der Waals surface area contributed by atoms with Crippen LogP contribution < -0.4 is 5.46 Å². The monoisotopic (exact) mass is 329 g/mol. The first-order valence-corrected chi connectivity index (χ1v) is 7.99. The van der Waals surface area contributed by atoms with Gasteiger partial charge in [-0.05, 0) is 39.2 Å². The number of hydrogen-bond donors (Lipinski definition) is 0. The van der Waals surface area contributed by atoms with Crippen molar-refractivity contribution in [3.63, 3.8) is 0 Å². The second-order valence-corrected chi connectivity index (χ2v) is 7.35. The normalized spacial score (nSPS) is 19.8. The van der Waals surface area contributed by atoms with Crippen molar-refractivity contribution >= 4 is 46.3 Å². The second kappa shape index (κ2) is 4.73. The molecule has 1 aliphatic heterocycles. The minimum absolute atomic E-state index is 0.393. The molecule has 1 aliphatic rings. The Labute approximate surface area is 139 Å². The third kappa shape index (κ3) is 2.18. The van der Waals surface area contributed by atoms with Crippen LogP contribution in [0.25, 0.3) is 22.1 Å². The van der Waals surface area contributed by atoms with E-state index in [0.29, 0.717) is 10.6 Å². The van der Waals surface area contributed by atoms with E-state index in [4.69, 9.17) is 25.3 Å². The Morgan fingerprint density at radius 3 is 2.43 bits per heavy atom. The van der Waals surface area contributed by atoms with Gasteiger partial charge in [-0.1, -0.05) is 23.7 Å². The fourth-order valence-electron chi connectivity index (χ4n) is 2.86. The zero-order valence-electron chi connectivity index (χ0n) is 13.5. The number of hydrogen-bond acceptors (Lipinski definition) is 4. The molecule has 4 rings (SSSR count). The predicted molar refractivity (Wildman–Crippen MR) is 92.2 cm³/mol. The third-order valence-electron chi connectivity index (χ3n) is 4.84. The molecule has 2 aromatic heterocycles. The fourth-order valence-corrected chi connectivity index (χ4v) is 3.01. The van der Waals surface area contributed by atoms with Crippen molar-refractivity contribution < 1.29 is 13.7 Å². The highest BCUT2D eigenvalue weighted by molar-refractivity contribution is 6.65. The molecule has 6 heteroatoms. The Morgan fingerprint density at radius 1 is 1.04 bits per heavy atom. The molecular formula is C17H17BClNO3. The highest BCUT2D eigenvalue weighted by Gasteiger charge is 2.52. The van der Waals surface area contributed by atoms with Crippen LogP contribution in [0.15, 0.2) is 34.9 Å². The summed E-state index contributed by atoms with van der Waals surface area (Å²) in [6, 6.07) is 7.62. The van der Waals surface area contributed by atoms with Gasteiger partial charge in [-0.2, -0.15) is 0 Å². The first-order chi connectivity index (χ1) is 10.8. The van der Waals surface area contributed by atoms with Crippen molar-refractivity contribution in [2.45, 2.75) is 38.9 Å². The molecule has 0 saturated carbocycles. The number of aromatic nitrogens is 1. The van der Waals surface area contributed by atoms with E-state index < -0.39 is 18.3 Å². The van der Waals surface area contributed by atoms with Crippen LogP contribution in [0.2, 0.25) is 5.02 Å². The molecule has 0 unspecified atom stereocenters. The molecule has 0 aliphatic carbocycles. The van der Waals surface area contributed by atoms with Gasteiger partial charge in [0.15, 0.2) is 5.58 Å². The SMILES string of the molecule is CC1(C)OB(c2cccc3oc4cc(Cl)cnc4c23)OC1(C)C. The molecule has 0 amide bonds. The molecule has 0 bridgehead atoms. The van der Waals surface area contributed by atoms with Gasteiger partial charge in [0.1, 0.15) is 11.1 Å². The van der Waals surface area contributed by atoms with Gasteiger partial charge in [0.05, 0.1) is 16.2 Å². The Bertz CT molecular complexity index is 903. The molecule has 1 aromatic carbocycles. The molecule has 1 saturated heterocycles. The summed E-state index contributed by atoms with van der Waals surface area (Å²) in [4.78, 5) is 4.44. The van der Waals surface area contributed by atoms with Gasteiger partial charge in [0.25, 0.3) is 0 Å². The summed E-state index contributed by atoms with van der Waals surface area (Å²) in [7, 11) is -0.457. The maximum absolute atomic E-state index is 6.18. The first-order valence-electron chi connectivity index (χ1n) is 7.61. The highest BCUT2D eigenvalue weighted by Crippen LogP contribution is 2.37. The van der Waals surface area contributed by atoms with E-state index in [0.717, 1.165) is 21.9 Å². The largest absolute Gasteiger partial charge is 0.495 e. The summed E-state index contributed by atoms with van der Waals surface area (Å²) in [6.45, 7) is 8.16. The Morgan fingerprint density at radius 2 is 1.74 bits per heavy atom. The number of nitrogens with zero attached hydrogens (tertiary/aromatic N) is 1. The average molecular weight is 330 g/mol. The molecular weight excluding hydrogens is 312 g/mol. The quantitative estimate of drug-likeness (QED) is 0.634. The van der Waals surface area contributed by atoms with E-state index in [9.17, 15) is 0 Å². The van der Waals surface area contributed by atoms with Crippen LogP contribution in [-0.2, 0) is 9.31 Å². The standard InChI is InChI=1S/C17H17BClNO3/c1-16(2)17(3,4)23-18(22-16)11-6-5-7-12-14(11)15-13(21-12)8-10(19)9-20-15/h5-9H,1-4H3. The number of fused-ring (bicyclic) bond motifs is 3. The number of halogens is 1. The zero-order valence-corrected chi connectivity index (χ0v) is 14.3. The Kier molecular flexibility index (Phi) is 3.08. The van der Waals surface area contributed by atoms with Crippen LogP contribution >= 0.6 is 11.6 Å². The summed E-state index contributed by atoms with van der Waals surface area (Å²) < 4.78 is 18.2. The van der Waals surface area contributed by atoms with Crippen LogP contribution in [0.3, 0.4) is 0 Å². The maximum Gasteiger partial charge on any atom is 0.495 e. The second-order valence-electron chi connectivity index (χ2n) is 6.91. The van der Waals surface area contributed by atoms with Crippen LogP contribution in [0, 0.1) is 0 Å². The van der Waals surface area contributed by atoms with E-state index in [1.54, 1.807) is 12.3 Å². The molecule has 118 valence electrons. The number of furan rings is 1. The van der Waals surface area contributed by atoms with Crippen LogP contribution in [0.5, 0.6) is 0 Å². The molecule has 0 N–H and O–H groups in total. The van der Waals surface area contributed by atoms with Gasteiger partial charge in [-0.15, -0.1) is 0 Å². The third-order valence-corrected chi connectivity index (χ3v) is 5.05. The highest BCUT2D eigenvalue weighted by atomic mass is 35.5. The van der Waals surface area contributed by atoms with Gasteiger partial charge < -0.3 is 13.7 Å². The van der Waals surface area contributed by atoms with Gasteiger partial charge in [0, 0.05) is 17.6 Å². The molecule has 0 atom stereocenters. The van der Waals surface area contributed by atoms with Crippen molar-refractivity contribution in [1.82, 2.24) is 4.98 Å². The lowest BCUT2D eigenvalue weighted by Crippen LogP contribution is -2.41. The number of pyridine rings is 1. The van der Waals surface area contributed by atoms with Crippen LogP contribution in [-0.4, -0.2) is 23.3 Å². The van der Waals surface area contributed by atoms with Gasteiger partial charge in [-0.3, -0.25) is 4.98 Å². The lowest BCUT2D eigenvalue weighted by atomic mass is 9.77. The van der Waals surface area contributed by atoms with Crippen LogP contribution in [0.4, 0.5) is 0 Å².